The van der Waals surface area contributed by atoms with Gasteiger partial charge in [-0.1, -0.05) is 6.07 Å². The lowest BCUT2D eigenvalue weighted by Crippen LogP contribution is -2.12. The number of rotatable bonds is 3. The molecule has 0 fully saturated rings. The summed E-state index contributed by atoms with van der Waals surface area (Å²) in [4.78, 5) is 22.9. The summed E-state index contributed by atoms with van der Waals surface area (Å²) >= 11 is 0. The van der Waals surface area contributed by atoms with Gasteiger partial charge in [0.05, 0.1) is 30.9 Å². The fraction of sp³-hybridized carbons (Fsp3) is 0.143. The smallest absolute Gasteiger partial charge is 0.339 e. The van der Waals surface area contributed by atoms with Gasteiger partial charge in [0.25, 0.3) is 0 Å². The predicted octanol–water partition coefficient (Wildman–Crippen LogP) is 2.69. The van der Waals surface area contributed by atoms with Gasteiger partial charge in [0, 0.05) is 12.5 Å². The molecule has 1 heterocycles. The van der Waals surface area contributed by atoms with Gasteiger partial charge >= 0.3 is 5.97 Å². The molecule has 0 spiro atoms. The second-order valence-corrected chi connectivity index (χ2v) is 3.95. The molecule has 0 aliphatic carbocycles. The third-order valence-corrected chi connectivity index (χ3v) is 2.59. The number of anilines is 1. The third-order valence-electron chi connectivity index (χ3n) is 2.59. The normalized spacial score (nSPS) is 10.0. The molecule has 98 valence electrons. The Bertz CT molecular complexity index is 602. The minimum atomic E-state index is -0.505. The molecule has 1 aromatic carbocycles. The van der Waals surface area contributed by atoms with Crippen molar-refractivity contribution in [1.82, 2.24) is 0 Å². The highest BCUT2D eigenvalue weighted by molar-refractivity contribution is 6.01. The van der Waals surface area contributed by atoms with Crippen LogP contribution in [0.3, 0.4) is 0 Å². The average Bonchev–Trinajstić information content (AvgIpc) is 2.91. The quantitative estimate of drug-likeness (QED) is 0.860. The van der Waals surface area contributed by atoms with E-state index in [0.29, 0.717) is 11.3 Å². The summed E-state index contributed by atoms with van der Waals surface area (Å²) in [6, 6.07) is 6.90. The highest BCUT2D eigenvalue weighted by atomic mass is 16.5. The number of carbonyl (C=O) groups excluding carboxylic acids is 2. The number of amides is 1. The van der Waals surface area contributed by atoms with E-state index in [1.165, 1.54) is 14.0 Å². The van der Waals surface area contributed by atoms with Crippen molar-refractivity contribution in [3.05, 3.63) is 42.4 Å². The van der Waals surface area contributed by atoms with Gasteiger partial charge in [0.15, 0.2) is 0 Å². The summed E-state index contributed by atoms with van der Waals surface area (Å²) in [5, 5.41) is 2.60. The van der Waals surface area contributed by atoms with E-state index in [-0.39, 0.29) is 5.91 Å². The summed E-state index contributed by atoms with van der Waals surface area (Å²) in [5.74, 6) is -0.754. The molecule has 0 saturated carbocycles. The monoisotopic (exact) mass is 259 g/mol. The van der Waals surface area contributed by atoms with Crippen LogP contribution >= 0.6 is 0 Å². The Kier molecular flexibility index (Phi) is 3.66. The van der Waals surface area contributed by atoms with Gasteiger partial charge < -0.3 is 14.5 Å². The minimum absolute atomic E-state index is 0.249. The lowest BCUT2D eigenvalue weighted by molar-refractivity contribution is -0.114. The van der Waals surface area contributed by atoms with Gasteiger partial charge in [0.1, 0.15) is 0 Å². The average molecular weight is 259 g/mol. The predicted molar refractivity (Wildman–Crippen MR) is 69.8 cm³/mol. The van der Waals surface area contributed by atoms with E-state index in [4.69, 9.17) is 9.15 Å². The fourth-order valence-corrected chi connectivity index (χ4v) is 1.73. The second-order valence-electron chi connectivity index (χ2n) is 3.95. The van der Waals surface area contributed by atoms with Crippen LogP contribution in [0.15, 0.2) is 41.2 Å². The molecular formula is C14H13NO4. The van der Waals surface area contributed by atoms with Crippen LogP contribution in [0.4, 0.5) is 5.69 Å². The van der Waals surface area contributed by atoms with Crippen molar-refractivity contribution in [2.45, 2.75) is 6.92 Å². The molecule has 0 atom stereocenters. The molecule has 5 heteroatoms. The van der Waals surface area contributed by atoms with Crippen LogP contribution in [-0.4, -0.2) is 19.0 Å². The van der Waals surface area contributed by atoms with Gasteiger partial charge in [-0.15, -0.1) is 0 Å². The van der Waals surface area contributed by atoms with Crippen LogP contribution in [0, 0.1) is 0 Å². The van der Waals surface area contributed by atoms with Crippen LogP contribution in [0.5, 0.6) is 0 Å². The van der Waals surface area contributed by atoms with E-state index >= 15 is 0 Å². The van der Waals surface area contributed by atoms with E-state index < -0.39 is 5.97 Å². The molecule has 0 saturated heterocycles. The molecule has 0 aliphatic rings. The van der Waals surface area contributed by atoms with E-state index in [1.807, 2.05) is 0 Å². The number of benzene rings is 1. The lowest BCUT2D eigenvalue weighted by atomic mass is 10.0. The summed E-state index contributed by atoms with van der Waals surface area (Å²) in [5.41, 5.74) is 2.38. The minimum Gasteiger partial charge on any atom is -0.472 e. The van der Waals surface area contributed by atoms with Crippen molar-refractivity contribution in [2.75, 3.05) is 12.4 Å². The Morgan fingerprint density at radius 1 is 1.21 bits per heavy atom. The Balaban J connectivity index is 2.47. The van der Waals surface area contributed by atoms with Crippen LogP contribution in [-0.2, 0) is 9.53 Å². The first kappa shape index (κ1) is 12.9. The first-order valence-corrected chi connectivity index (χ1v) is 5.64. The molecule has 0 radical (unpaired) electrons. The summed E-state index contributed by atoms with van der Waals surface area (Å²) < 4.78 is 9.72. The summed E-state index contributed by atoms with van der Waals surface area (Å²) in [6.45, 7) is 1.38. The van der Waals surface area contributed by atoms with Gasteiger partial charge in [-0.25, -0.2) is 4.79 Å². The first-order valence-electron chi connectivity index (χ1n) is 5.64. The molecule has 2 rings (SSSR count). The number of ether oxygens (including phenoxy) is 1. The summed E-state index contributed by atoms with van der Waals surface area (Å²) in [7, 11) is 1.30. The van der Waals surface area contributed by atoms with Crippen molar-refractivity contribution < 1.29 is 18.7 Å². The van der Waals surface area contributed by atoms with Crippen molar-refractivity contribution >= 4 is 17.6 Å². The van der Waals surface area contributed by atoms with E-state index in [9.17, 15) is 9.59 Å². The molecule has 2 aromatic rings. The second kappa shape index (κ2) is 5.39. The van der Waals surface area contributed by atoms with E-state index in [1.54, 1.807) is 36.8 Å². The molecule has 0 bridgehead atoms. The van der Waals surface area contributed by atoms with Crippen molar-refractivity contribution in [3.63, 3.8) is 0 Å². The number of nitrogens with one attached hydrogen (secondary N) is 1. The molecule has 19 heavy (non-hydrogen) atoms. The SMILES string of the molecule is COC(=O)c1cc(-c2ccoc2)ccc1NC(C)=O. The number of hydrogen-bond donors (Lipinski definition) is 1. The highest BCUT2D eigenvalue weighted by Crippen LogP contribution is 2.26. The molecule has 0 aliphatic heterocycles. The number of furan rings is 1. The molecule has 1 aromatic heterocycles. The number of methoxy groups -OCH3 is 1. The maximum atomic E-state index is 11.7. The Morgan fingerprint density at radius 3 is 2.58 bits per heavy atom. The molecule has 1 amide bonds. The first-order chi connectivity index (χ1) is 9.11. The van der Waals surface area contributed by atoms with Gasteiger partial charge in [-0.2, -0.15) is 0 Å². The topological polar surface area (TPSA) is 68.5 Å². The zero-order valence-corrected chi connectivity index (χ0v) is 10.6. The van der Waals surface area contributed by atoms with Crippen molar-refractivity contribution in [2.24, 2.45) is 0 Å². The Hall–Kier alpha value is -2.56. The lowest BCUT2D eigenvalue weighted by Gasteiger charge is -2.10. The standard InChI is InChI=1S/C14H13NO4/c1-9(16)15-13-4-3-10(11-5-6-19-8-11)7-12(13)14(17)18-2/h3-8H,1-2H3,(H,15,16). The van der Waals surface area contributed by atoms with Crippen molar-refractivity contribution in [3.8, 4) is 11.1 Å². The van der Waals surface area contributed by atoms with Crippen LogP contribution in [0.1, 0.15) is 17.3 Å². The molecule has 5 nitrogen and oxygen atoms in total. The van der Waals surface area contributed by atoms with Crippen LogP contribution in [0.25, 0.3) is 11.1 Å². The number of carbonyl (C=O) groups is 2. The zero-order valence-electron chi connectivity index (χ0n) is 10.6. The van der Waals surface area contributed by atoms with Crippen LogP contribution in [0.2, 0.25) is 0 Å². The van der Waals surface area contributed by atoms with Gasteiger partial charge in [0.2, 0.25) is 5.91 Å². The Morgan fingerprint density at radius 2 is 2.00 bits per heavy atom. The zero-order chi connectivity index (χ0) is 13.8. The molecule has 1 N–H and O–H groups in total. The Labute approximate surface area is 110 Å². The number of hydrogen-bond acceptors (Lipinski definition) is 4. The summed E-state index contributed by atoms with van der Waals surface area (Å²) in [6.07, 6.45) is 3.13. The van der Waals surface area contributed by atoms with Gasteiger partial charge in [-0.3, -0.25) is 4.79 Å². The molecule has 0 unspecified atom stereocenters. The maximum absolute atomic E-state index is 11.7. The third kappa shape index (κ3) is 2.82. The number of esters is 1. The fourth-order valence-electron chi connectivity index (χ4n) is 1.73. The molecular weight excluding hydrogens is 246 g/mol. The van der Waals surface area contributed by atoms with E-state index in [2.05, 4.69) is 5.32 Å². The van der Waals surface area contributed by atoms with Gasteiger partial charge in [-0.05, 0) is 23.8 Å². The maximum Gasteiger partial charge on any atom is 0.339 e. The van der Waals surface area contributed by atoms with Crippen LogP contribution < -0.4 is 5.32 Å². The largest absolute Gasteiger partial charge is 0.472 e. The van der Waals surface area contributed by atoms with E-state index in [0.717, 1.165) is 11.1 Å². The highest BCUT2D eigenvalue weighted by Gasteiger charge is 2.14. The van der Waals surface area contributed by atoms with Crippen molar-refractivity contribution in [1.29, 1.82) is 0 Å².